The predicted molar refractivity (Wildman–Crippen MR) is 76.6 cm³/mol. The first-order valence-corrected chi connectivity index (χ1v) is 6.91. The minimum atomic E-state index is -4.66. The lowest BCUT2D eigenvalue weighted by Gasteiger charge is -2.23. The normalized spacial score (nSPS) is 15.0. The fraction of sp³-hybridized carbons (Fsp3) is 0.533. The van der Waals surface area contributed by atoms with Gasteiger partial charge in [-0.15, -0.1) is 0 Å². The number of alkyl halides is 3. The lowest BCUT2D eigenvalue weighted by atomic mass is 9.98. The van der Waals surface area contributed by atoms with Gasteiger partial charge in [-0.05, 0) is 32.4 Å². The molecule has 0 fully saturated rings. The van der Waals surface area contributed by atoms with Crippen molar-refractivity contribution >= 4 is 6.09 Å². The minimum absolute atomic E-state index is 0.456. The van der Waals surface area contributed by atoms with Crippen molar-refractivity contribution in [3.05, 3.63) is 35.4 Å². The topological polar surface area (TPSA) is 78.8 Å². The molecule has 0 aliphatic heterocycles. The molecule has 5 nitrogen and oxygen atoms in total. The SMILES string of the molecule is CC(C)(C)OC(=O)NCC(O)C(O)c1ccccc1C(F)(F)F. The average Bonchev–Trinajstić information content (AvgIpc) is 2.41. The van der Waals surface area contributed by atoms with Crippen molar-refractivity contribution in [1.82, 2.24) is 5.32 Å². The number of ether oxygens (including phenoxy) is 1. The highest BCUT2D eigenvalue weighted by molar-refractivity contribution is 5.67. The zero-order chi connectivity index (χ0) is 17.8. The zero-order valence-electron chi connectivity index (χ0n) is 13.0. The summed E-state index contributed by atoms with van der Waals surface area (Å²) in [5, 5.41) is 22.0. The van der Waals surface area contributed by atoms with Crippen LogP contribution in [0.4, 0.5) is 18.0 Å². The molecule has 130 valence electrons. The van der Waals surface area contributed by atoms with E-state index >= 15 is 0 Å². The summed E-state index contributed by atoms with van der Waals surface area (Å²) >= 11 is 0. The molecule has 1 aromatic carbocycles. The van der Waals surface area contributed by atoms with E-state index in [1.807, 2.05) is 0 Å². The molecule has 8 heteroatoms. The molecule has 1 aromatic rings. The van der Waals surface area contributed by atoms with Gasteiger partial charge in [0.2, 0.25) is 0 Å². The molecule has 0 spiro atoms. The molecule has 0 aliphatic rings. The van der Waals surface area contributed by atoms with Crippen LogP contribution < -0.4 is 5.32 Å². The zero-order valence-corrected chi connectivity index (χ0v) is 13.0. The molecule has 23 heavy (non-hydrogen) atoms. The number of halogens is 3. The average molecular weight is 335 g/mol. The highest BCUT2D eigenvalue weighted by Crippen LogP contribution is 2.35. The van der Waals surface area contributed by atoms with Crippen LogP contribution in [-0.4, -0.2) is 34.6 Å². The third kappa shape index (κ3) is 6.07. The number of nitrogens with one attached hydrogen (secondary N) is 1. The van der Waals surface area contributed by atoms with Gasteiger partial charge in [-0.3, -0.25) is 0 Å². The van der Waals surface area contributed by atoms with E-state index in [1.165, 1.54) is 12.1 Å². The summed E-state index contributed by atoms with van der Waals surface area (Å²) in [4.78, 5) is 11.4. The van der Waals surface area contributed by atoms with Crippen LogP contribution >= 0.6 is 0 Å². The Morgan fingerprint density at radius 3 is 2.30 bits per heavy atom. The minimum Gasteiger partial charge on any atom is -0.444 e. The van der Waals surface area contributed by atoms with Gasteiger partial charge in [-0.1, -0.05) is 18.2 Å². The van der Waals surface area contributed by atoms with Gasteiger partial charge in [0.25, 0.3) is 0 Å². The van der Waals surface area contributed by atoms with Crippen LogP contribution in [0.2, 0.25) is 0 Å². The molecule has 2 atom stereocenters. The molecule has 3 N–H and O–H groups in total. The molecule has 0 saturated carbocycles. The Bertz CT molecular complexity index is 540. The molecule has 0 aliphatic carbocycles. The van der Waals surface area contributed by atoms with Crippen molar-refractivity contribution in [2.24, 2.45) is 0 Å². The lowest BCUT2D eigenvalue weighted by Crippen LogP contribution is -2.39. The van der Waals surface area contributed by atoms with Gasteiger partial charge < -0.3 is 20.3 Å². The predicted octanol–water partition coefficient (Wildman–Crippen LogP) is 2.62. The van der Waals surface area contributed by atoms with E-state index in [0.717, 1.165) is 12.1 Å². The maximum atomic E-state index is 12.9. The van der Waals surface area contributed by atoms with Gasteiger partial charge in [0.05, 0.1) is 5.56 Å². The fourth-order valence-electron chi connectivity index (χ4n) is 1.83. The van der Waals surface area contributed by atoms with Gasteiger partial charge in [-0.2, -0.15) is 13.2 Å². The van der Waals surface area contributed by atoms with Gasteiger partial charge in [0.15, 0.2) is 0 Å². The first kappa shape index (κ1) is 19.2. The van der Waals surface area contributed by atoms with Gasteiger partial charge in [0, 0.05) is 6.54 Å². The summed E-state index contributed by atoms with van der Waals surface area (Å²) in [6.07, 6.45) is -8.92. The fourth-order valence-corrected chi connectivity index (χ4v) is 1.83. The molecule has 0 heterocycles. The Morgan fingerprint density at radius 1 is 1.22 bits per heavy atom. The molecule has 0 bridgehead atoms. The van der Waals surface area contributed by atoms with E-state index in [9.17, 15) is 28.2 Å². The van der Waals surface area contributed by atoms with Gasteiger partial charge >= 0.3 is 12.3 Å². The number of benzene rings is 1. The molecule has 2 unspecified atom stereocenters. The van der Waals surface area contributed by atoms with Crippen LogP contribution in [0.1, 0.15) is 38.0 Å². The van der Waals surface area contributed by atoms with E-state index in [2.05, 4.69) is 5.32 Å². The second-order valence-electron chi connectivity index (χ2n) is 5.98. The highest BCUT2D eigenvalue weighted by atomic mass is 19.4. The van der Waals surface area contributed by atoms with Crippen LogP contribution in [-0.2, 0) is 10.9 Å². The van der Waals surface area contributed by atoms with Crippen molar-refractivity contribution in [2.45, 2.75) is 44.8 Å². The van der Waals surface area contributed by atoms with E-state index in [4.69, 9.17) is 4.74 Å². The Kier molecular flexibility index (Phi) is 6.01. The Hall–Kier alpha value is -1.80. The van der Waals surface area contributed by atoms with Crippen molar-refractivity contribution in [3.8, 4) is 0 Å². The second-order valence-corrected chi connectivity index (χ2v) is 5.98. The number of hydrogen-bond donors (Lipinski definition) is 3. The number of aliphatic hydroxyl groups excluding tert-OH is 2. The molecule has 0 saturated heterocycles. The monoisotopic (exact) mass is 335 g/mol. The standard InChI is InChI=1S/C15H20F3NO4/c1-14(2,3)23-13(22)19-8-11(20)12(21)9-6-4-5-7-10(9)15(16,17)18/h4-7,11-12,20-21H,8H2,1-3H3,(H,19,22). The molecule has 1 amide bonds. The molecular weight excluding hydrogens is 315 g/mol. The number of aliphatic hydroxyl groups is 2. The van der Waals surface area contributed by atoms with Crippen LogP contribution in [0.3, 0.4) is 0 Å². The second kappa shape index (κ2) is 7.18. The van der Waals surface area contributed by atoms with Gasteiger partial charge in [-0.25, -0.2) is 4.79 Å². The largest absolute Gasteiger partial charge is 0.444 e. The maximum Gasteiger partial charge on any atom is 0.416 e. The summed E-state index contributed by atoms with van der Waals surface area (Å²) in [7, 11) is 0. The summed E-state index contributed by atoms with van der Waals surface area (Å²) in [5.74, 6) is 0. The molecular formula is C15H20F3NO4. The number of carbonyl (C=O) groups excluding carboxylic acids is 1. The number of alkyl carbamates (subject to hydrolysis) is 1. The van der Waals surface area contributed by atoms with E-state index in [1.54, 1.807) is 20.8 Å². The van der Waals surface area contributed by atoms with Gasteiger partial charge in [0.1, 0.15) is 17.8 Å². The summed E-state index contributed by atoms with van der Waals surface area (Å²) < 4.78 is 43.6. The van der Waals surface area contributed by atoms with E-state index in [0.29, 0.717) is 0 Å². The van der Waals surface area contributed by atoms with Crippen LogP contribution in [0.5, 0.6) is 0 Å². The number of hydrogen-bond acceptors (Lipinski definition) is 4. The smallest absolute Gasteiger partial charge is 0.416 e. The third-order valence-corrected chi connectivity index (χ3v) is 2.80. The maximum absolute atomic E-state index is 12.9. The number of carbonyl (C=O) groups is 1. The first-order valence-electron chi connectivity index (χ1n) is 6.91. The number of amides is 1. The van der Waals surface area contributed by atoms with Crippen LogP contribution in [0, 0.1) is 0 Å². The summed E-state index contributed by atoms with van der Waals surface area (Å²) in [6, 6.07) is 4.39. The summed E-state index contributed by atoms with van der Waals surface area (Å²) in [6.45, 7) is 4.45. The van der Waals surface area contributed by atoms with E-state index in [-0.39, 0.29) is 0 Å². The van der Waals surface area contributed by atoms with Crippen molar-refractivity contribution in [1.29, 1.82) is 0 Å². The van der Waals surface area contributed by atoms with Crippen molar-refractivity contribution < 1.29 is 32.9 Å². The van der Waals surface area contributed by atoms with E-state index < -0.39 is 47.8 Å². The number of rotatable bonds is 4. The lowest BCUT2D eigenvalue weighted by molar-refractivity contribution is -0.139. The molecule has 1 rings (SSSR count). The Balaban J connectivity index is 2.75. The molecule has 0 radical (unpaired) electrons. The van der Waals surface area contributed by atoms with Crippen LogP contribution in [0.15, 0.2) is 24.3 Å². The third-order valence-electron chi connectivity index (χ3n) is 2.80. The first-order chi connectivity index (χ1) is 10.4. The quantitative estimate of drug-likeness (QED) is 0.790. The molecule has 0 aromatic heterocycles. The van der Waals surface area contributed by atoms with Crippen molar-refractivity contribution in [3.63, 3.8) is 0 Å². The Morgan fingerprint density at radius 2 is 1.78 bits per heavy atom. The summed E-state index contributed by atoms with van der Waals surface area (Å²) in [5.41, 5.74) is -2.25. The van der Waals surface area contributed by atoms with Crippen LogP contribution in [0.25, 0.3) is 0 Å². The highest BCUT2D eigenvalue weighted by Gasteiger charge is 2.36. The van der Waals surface area contributed by atoms with Crippen molar-refractivity contribution in [2.75, 3.05) is 6.54 Å². The Labute approximate surface area is 132 Å².